The highest BCUT2D eigenvalue weighted by Gasteiger charge is 2.43. The molecule has 0 N–H and O–H groups in total. The maximum absolute atomic E-state index is 12.6. The lowest BCUT2D eigenvalue weighted by molar-refractivity contribution is -0.181. The normalized spacial score (nSPS) is 24.2. The number of aromatic nitrogens is 3. The fourth-order valence-electron chi connectivity index (χ4n) is 2.62. The smallest absolute Gasteiger partial charge is 0.228 e. The molecule has 21 heavy (non-hydrogen) atoms. The van der Waals surface area contributed by atoms with Gasteiger partial charge in [0.15, 0.2) is 9.84 Å². The van der Waals surface area contributed by atoms with Gasteiger partial charge in [-0.1, -0.05) is 0 Å². The Labute approximate surface area is 121 Å². The van der Waals surface area contributed by atoms with E-state index in [1.54, 1.807) is 0 Å². The van der Waals surface area contributed by atoms with Crippen molar-refractivity contribution in [3.8, 4) is 0 Å². The average Bonchev–Trinajstić information content (AvgIpc) is 2.85. The Hall–Kier alpha value is -1.12. The molecule has 0 saturated heterocycles. The summed E-state index contributed by atoms with van der Waals surface area (Å²) in [6.07, 6.45) is -2.94. The summed E-state index contributed by atoms with van der Waals surface area (Å²) in [7, 11) is -3.48. The molecule has 1 fully saturated rings. The van der Waals surface area contributed by atoms with Crippen molar-refractivity contribution in [1.82, 2.24) is 15.0 Å². The predicted octanol–water partition coefficient (Wildman–Crippen LogP) is 2.33. The van der Waals surface area contributed by atoms with Crippen LogP contribution >= 0.6 is 0 Å². The molecule has 5 nitrogen and oxygen atoms in total. The van der Waals surface area contributed by atoms with E-state index in [-0.39, 0.29) is 31.4 Å². The van der Waals surface area contributed by atoms with E-state index in [9.17, 15) is 21.6 Å². The van der Waals surface area contributed by atoms with E-state index in [1.807, 2.05) is 6.92 Å². The van der Waals surface area contributed by atoms with Crippen LogP contribution in [0.2, 0.25) is 0 Å². The van der Waals surface area contributed by atoms with Crippen LogP contribution in [0.1, 0.15) is 38.3 Å². The zero-order chi connectivity index (χ0) is 15.7. The fourth-order valence-corrected chi connectivity index (χ4v) is 4.40. The highest BCUT2D eigenvalue weighted by Crippen LogP contribution is 2.39. The average molecular weight is 325 g/mol. The Bertz CT molecular complexity index is 575. The van der Waals surface area contributed by atoms with Gasteiger partial charge in [-0.3, -0.25) is 0 Å². The number of nitrogens with zero attached hydrogens (tertiary/aromatic N) is 3. The van der Waals surface area contributed by atoms with Crippen LogP contribution in [0.3, 0.4) is 0 Å². The van der Waals surface area contributed by atoms with Crippen molar-refractivity contribution in [2.75, 3.05) is 0 Å². The van der Waals surface area contributed by atoms with Crippen molar-refractivity contribution in [2.45, 2.75) is 56.3 Å². The summed E-state index contributed by atoms with van der Waals surface area (Å²) in [5, 5.41) is 7.20. The molecule has 1 aromatic heterocycles. The molecule has 0 amide bonds. The van der Waals surface area contributed by atoms with Crippen LogP contribution in [-0.4, -0.2) is 34.8 Å². The number of hydrogen-bond donors (Lipinski definition) is 0. The molecule has 1 heterocycles. The number of sulfone groups is 1. The molecule has 0 radical (unpaired) electrons. The first-order chi connectivity index (χ1) is 9.72. The minimum absolute atomic E-state index is 0.0639. The monoisotopic (exact) mass is 325 g/mol. The predicted molar refractivity (Wildman–Crippen MR) is 70.1 cm³/mol. The van der Waals surface area contributed by atoms with Gasteiger partial charge in [-0.2, -0.15) is 28.2 Å². The first-order valence-corrected chi connectivity index (χ1v) is 8.61. The fraction of sp³-hybridized carbons (Fsp3) is 0.833. The molecule has 120 valence electrons. The molecule has 0 spiro atoms. The molecule has 0 unspecified atom stereocenters. The van der Waals surface area contributed by atoms with Crippen LogP contribution in [0.5, 0.6) is 0 Å². The lowest BCUT2D eigenvalue weighted by Crippen LogP contribution is -2.33. The molecule has 0 aromatic carbocycles. The van der Waals surface area contributed by atoms with E-state index >= 15 is 0 Å². The summed E-state index contributed by atoms with van der Waals surface area (Å²) in [6, 6.07) is 0. The first-order valence-electron chi connectivity index (χ1n) is 6.89. The molecular weight excluding hydrogens is 307 g/mol. The van der Waals surface area contributed by atoms with Gasteiger partial charge in [0.05, 0.1) is 35.4 Å². The second kappa shape index (κ2) is 5.94. The van der Waals surface area contributed by atoms with Crippen molar-refractivity contribution < 1.29 is 21.6 Å². The summed E-state index contributed by atoms with van der Waals surface area (Å²) in [4.78, 5) is 1.38. The Morgan fingerprint density at radius 3 is 2.38 bits per heavy atom. The molecule has 0 atom stereocenters. The lowest BCUT2D eigenvalue weighted by atomic mass is 9.88. The maximum Gasteiger partial charge on any atom is 0.391 e. The van der Waals surface area contributed by atoms with E-state index < -0.39 is 27.2 Å². The summed E-state index contributed by atoms with van der Waals surface area (Å²) < 4.78 is 62.3. The number of alkyl halides is 3. The van der Waals surface area contributed by atoms with Crippen molar-refractivity contribution in [3.63, 3.8) is 0 Å². The minimum atomic E-state index is -4.22. The zero-order valence-corrected chi connectivity index (χ0v) is 12.5. The van der Waals surface area contributed by atoms with Gasteiger partial charge in [-0.25, -0.2) is 8.42 Å². The topological polar surface area (TPSA) is 64.8 Å². The van der Waals surface area contributed by atoms with E-state index in [1.165, 1.54) is 11.0 Å². The SMILES string of the molecule is CCn1ncc(CS(=O)(=O)C2CCC(C(F)(F)F)CC2)n1. The Kier molecular flexibility index (Phi) is 4.60. The van der Waals surface area contributed by atoms with Gasteiger partial charge >= 0.3 is 6.18 Å². The zero-order valence-electron chi connectivity index (χ0n) is 11.7. The molecular formula is C12H18F3N3O2S. The second-order valence-electron chi connectivity index (χ2n) is 5.35. The van der Waals surface area contributed by atoms with E-state index in [2.05, 4.69) is 10.2 Å². The van der Waals surface area contributed by atoms with Crippen LogP contribution in [0.15, 0.2) is 6.20 Å². The molecule has 1 saturated carbocycles. The van der Waals surface area contributed by atoms with Crippen molar-refractivity contribution in [2.24, 2.45) is 5.92 Å². The minimum Gasteiger partial charge on any atom is -0.228 e. The third-order valence-corrected chi connectivity index (χ3v) is 6.05. The lowest BCUT2D eigenvalue weighted by Gasteiger charge is -2.29. The molecule has 1 aliphatic rings. The first kappa shape index (κ1) is 16.3. The number of hydrogen-bond acceptors (Lipinski definition) is 4. The summed E-state index contributed by atoms with van der Waals surface area (Å²) in [6.45, 7) is 2.37. The summed E-state index contributed by atoms with van der Waals surface area (Å²) in [5.74, 6) is -1.63. The molecule has 0 aliphatic heterocycles. The third-order valence-electron chi connectivity index (χ3n) is 3.86. The van der Waals surface area contributed by atoms with Crippen LogP contribution in [0.25, 0.3) is 0 Å². The number of aryl methyl sites for hydroxylation is 1. The third kappa shape index (κ3) is 3.96. The van der Waals surface area contributed by atoms with Gasteiger partial charge in [0.25, 0.3) is 0 Å². The van der Waals surface area contributed by atoms with Crippen molar-refractivity contribution >= 4 is 9.84 Å². The standard InChI is InChI=1S/C12H18F3N3O2S/c1-2-18-16-7-10(17-18)8-21(19,20)11-5-3-9(4-6-11)12(13,14)15/h7,9,11H,2-6,8H2,1H3. The van der Waals surface area contributed by atoms with Gasteiger partial charge in [0.2, 0.25) is 0 Å². The van der Waals surface area contributed by atoms with Crippen LogP contribution in [0, 0.1) is 5.92 Å². The molecule has 1 aromatic rings. The molecule has 2 rings (SSSR count). The highest BCUT2D eigenvalue weighted by molar-refractivity contribution is 7.91. The van der Waals surface area contributed by atoms with Gasteiger partial charge in [0, 0.05) is 0 Å². The number of halogens is 3. The van der Waals surface area contributed by atoms with Crippen molar-refractivity contribution in [3.05, 3.63) is 11.9 Å². The van der Waals surface area contributed by atoms with E-state index in [4.69, 9.17) is 0 Å². The summed E-state index contributed by atoms with van der Waals surface area (Å²) in [5.41, 5.74) is 0.342. The molecule has 1 aliphatic carbocycles. The Balaban J connectivity index is 1.98. The van der Waals surface area contributed by atoms with E-state index in [0.29, 0.717) is 12.2 Å². The van der Waals surface area contributed by atoms with Gasteiger partial charge < -0.3 is 0 Å². The van der Waals surface area contributed by atoms with Gasteiger partial charge in [0.1, 0.15) is 0 Å². The quantitative estimate of drug-likeness (QED) is 0.852. The number of rotatable bonds is 4. The van der Waals surface area contributed by atoms with Gasteiger partial charge in [-0.05, 0) is 32.6 Å². The van der Waals surface area contributed by atoms with Crippen molar-refractivity contribution in [1.29, 1.82) is 0 Å². The van der Waals surface area contributed by atoms with Crippen LogP contribution in [-0.2, 0) is 22.1 Å². The maximum atomic E-state index is 12.6. The Morgan fingerprint density at radius 1 is 1.29 bits per heavy atom. The largest absolute Gasteiger partial charge is 0.391 e. The summed E-state index contributed by atoms with van der Waals surface area (Å²) >= 11 is 0. The molecule has 9 heteroatoms. The van der Waals surface area contributed by atoms with Gasteiger partial charge in [-0.15, -0.1) is 0 Å². The van der Waals surface area contributed by atoms with Crippen LogP contribution in [0.4, 0.5) is 13.2 Å². The van der Waals surface area contributed by atoms with E-state index in [0.717, 1.165) is 0 Å². The Morgan fingerprint density at radius 2 is 1.90 bits per heavy atom. The molecule has 0 bridgehead atoms. The highest BCUT2D eigenvalue weighted by atomic mass is 32.2. The second-order valence-corrected chi connectivity index (χ2v) is 7.63. The van der Waals surface area contributed by atoms with Crippen LogP contribution < -0.4 is 0 Å².